The number of nitrogens with zero attached hydrogens (tertiary/aromatic N) is 3. The molecule has 3 N–H and O–H groups in total. The smallest absolute Gasteiger partial charge is 0.252 e. The summed E-state index contributed by atoms with van der Waals surface area (Å²) >= 11 is 6.50. The van der Waals surface area contributed by atoms with Crippen LogP contribution in [-0.2, 0) is 0 Å². The Labute approximate surface area is 193 Å². The molecule has 1 aromatic carbocycles. The van der Waals surface area contributed by atoms with Crippen LogP contribution >= 0.6 is 11.6 Å². The molecule has 0 saturated carbocycles. The summed E-state index contributed by atoms with van der Waals surface area (Å²) in [7, 11) is 0. The molecule has 2 aromatic heterocycles. The Balaban J connectivity index is 1.88. The number of aromatic nitrogens is 4. The Bertz CT molecular complexity index is 1340. The number of halogens is 3. The van der Waals surface area contributed by atoms with Crippen LogP contribution in [0.4, 0.5) is 14.6 Å². The van der Waals surface area contributed by atoms with Crippen LogP contribution in [0, 0.1) is 6.92 Å². The Kier molecular flexibility index (Phi) is 6.24. The fourth-order valence-electron chi connectivity index (χ4n) is 3.82. The van der Waals surface area contributed by atoms with Crippen molar-refractivity contribution in [1.29, 1.82) is 0 Å². The molecule has 0 aliphatic carbocycles. The number of hydrogen-bond acceptors (Lipinski definition) is 5. The summed E-state index contributed by atoms with van der Waals surface area (Å²) < 4.78 is 27.7. The molecule has 1 unspecified atom stereocenters. The molecule has 1 atom stereocenters. The third kappa shape index (κ3) is 4.49. The van der Waals surface area contributed by atoms with E-state index in [0.717, 1.165) is 13.0 Å². The molecule has 1 aliphatic rings. The molecule has 10 heteroatoms. The first-order valence-electron chi connectivity index (χ1n) is 10.2. The van der Waals surface area contributed by atoms with Gasteiger partial charge in [0.2, 0.25) is 0 Å². The van der Waals surface area contributed by atoms with Crippen LogP contribution in [0.15, 0.2) is 48.6 Å². The average molecular weight is 471 g/mol. The SMILES string of the molecule is C/C(F)=C\C(F)=C/C1=CCNC(=O)c2c(C)c(Cl)cc(C(C)Nc3ncnc4nc[nH]c34)c21. The Morgan fingerprint density at radius 3 is 2.82 bits per heavy atom. The third-order valence-corrected chi connectivity index (χ3v) is 5.72. The maximum absolute atomic E-state index is 14.5. The van der Waals surface area contributed by atoms with Crippen LogP contribution in [-0.4, -0.2) is 32.4 Å². The van der Waals surface area contributed by atoms with Gasteiger partial charge in [0.1, 0.15) is 17.7 Å². The van der Waals surface area contributed by atoms with E-state index >= 15 is 0 Å². The standard InChI is InChI=1S/C23H21ClF2N6O/c1-11(25)6-15(26)7-14-4-5-27-23(33)18-12(2)17(24)8-16(19(14)18)13(3)32-22-20-21(29-9-28-20)30-10-31-22/h4,6-10,13H,5H2,1-3H3,(H,27,33)(H2,28,29,30,31,32)/b11-6+,15-7+. The summed E-state index contributed by atoms with van der Waals surface area (Å²) in [4.78, 5) is 28.4. The third-order valence-electron chi connectivity index (χ3n) is 5.33. The molecule has 3 aromatic rings. The number of amides is 1. The lowest BCUT2D eigenvalue weighted by atomic mass is 9.87. The molecule has 3 heterocycles. The van der Waals surface area contributed by atoms with E-state index in [4.69, 9.17) is 11.6 Å². The second-order valence-corrected chi connectivity index (χ2v) is 8.05. The molecule has 1 aliphatic heterocycles. The van der Waals surface area contributed by atoms with E-state index in [-0.39, 0.29) is 12.5 Å². The quantitative estimate of drug-likeness (QED) is 0.437. The van der Waals surface area contributed by atoms with Gasteiger partial charge in [-0.3, -0.25) is 4.79 Å². The zero-order valence-electron chi connectivity index (χ0n) is 18.1. The molecule has 0 saturated heterocycles. The van der Waals surface area contributed by atoms with Crippen molar-refractivity contribution in [2.24, 2.45) is 0 Å². The number of carbonyl (C=O) groups excluding carboxylic acids is 1. The summed E-state index contributed by atoms with van der Waals surface area (Å²) in [5, 5.41) is 6.47. The molecule has 1 amide bonds. The number of rotatable bonds is 5. The number of fused-ring (bicyclic) bond motifs is 2. The predicted octanol–water partition coefficient (Wildman–Crippen LogP) is 5.34. The van der Waals surface area contributed by atoms with Crippen molar-refractivity contribution in [3.8, 4) is 0 Å². The molecule has 0 fully saturated rings. The number of H-pyrrole nitrogens is 1. The van der Waals surface area contributed by atoms with Gasteiger partial charge in [0.05, 0.1) is 23.8 Å². The Morgan fingerprint density at radius 2 is 2.06 bits per heavy atom. The summed E-state index contributed by atoms with van der Waals surface area (Å²) in [5.41, 5.74) is 3.64. The minimum atomic E-state index is -0.768. The molecule has 0 spiro atoms. The minimum absolute atomic E-state index is 0.184. The number of anilines is 1. The summed E-state index contributed by atoms with van der Waals surface area (Å²) in [6, 6.07) is 1.34. The lowest BCUT2D eigenvalue weighted by Crippen LogP contribution is -2.24. The van der Waals surface area contributed by atoms with E-state index in [1.807, 2.05) is 6.92 Å². The Morgan fingerprint density at radius 1 is 1.27 bits per heavy atom. The van der Waals surface area contributed by atoms with Gasteiger partial charge in [0.25, 0.3) is 5.91 Å². The van der Waals surface area contributed by atoms with Crippen LogP contribution < -0.4 is 10.6 Å². The lowest BCUT2D eigenvalue weighted by molar-refractivity contribution is 0.0958. The highest BCUT2D eigenvalue weighted by molar-refractivity contribution is 6.32. The van der Waals surface area contributed by atoms with E-state index in [0.29, 0.717) is 49.8 Å². The van der Waals surface area contributed by atoms with Crippen LogP contribution in [0.1, 0.15) is 46.9 Å². The average Bonchev–Trinajstić information content (AvgIpc) is 3.17. The van der Waals surface area contributed by atoms with Crippen LogP contribution in [0.3, 0.4) is 0 Å². The van der Waals surface area contributed by atoms with E-state index in [1.165, 1.54) is 18.7 Å². The number of carbonyl (C=O) groups is 1. The van der Waals surface area contributed by atoms with Crippen molar-refractivity contribution in [3.05, 3.63) is 75.9 Å². The van der Waals surface area contributed by atoms with Gasteiger partial charge in [-0.2, -0.15) is 0 Å². The molecular weight excluding hydrogens is 450 g/mol. The zero-order chi connectivity index (χ0) is 23.7. The van der Waals surface area contributed by atoms with Crippen LogP contribution in [0.25, 0.3) is 16.7 Å². The molecule has 33 heavy (non-hydrogen) atoms. The van der Waals surface area contributed by atoms with Gasteiger partial charge in [-0.05, 0) is 55.2 Å². The lowest BCUT2D eigenvalue weighted by Gasteiger charge is -2.23. The fraction of sp³-hybridized carbons (Fsp3) is 0.217. The highest BCUT2D eigenvalue weighted by Crippen LogP contribution is 2.38. The minimum Gasteiger partial charge on any atom is -0.362 e. The van der Waals surface area contributed by atoms with Gasteiger partial charge in [-0.15, -0.1) is 0 Å². The second kappa shape index (κ2) is 9.11. The Hall–Kier alpha value is -3.59. The van der Waals surface area contributed by atoms with Gasteiger partial charge in [0.15, 0.2) is 11.5 Å². The van der Waals surface area contributed by atoms with Crippen LogP contribution in [0.5, 0.6) is 0 Å². The molecule has 0 bridgehead atoms. The van der Waals surface area contributed by atoms with Crippen molar-refractivity contribution < 1.29 is 13.6 Å². The fourth-order valence-corrected chi connectivity index (χ4v) is 4.03. The summed E-state index contributed by atoms with van der Waals surface area (Å²) in [6.45, 7) is 4.95. The van der Waals surface area contributed by atoms with Crippen molar-refractivity contribution in [2.45, 2.75) is 26.8 Å². The second-order valence-electron chi connectivity index (χ2n) is 7.64. The van der Waals surface area contributed by atoms with Crippen molar-refractivity contribution >= 4 is 40.1 Å². The van der Waals surface area contributed by atoms with Crippen LogP contribution in [0.2, 0.25) is 5.02 Å². The zero-order valence-corrected chi connectivity index (χ0v) is 18.9. The number of benzene rings is 1. The highest BCUT2D eigenvalue weighted by Gasteiger charge is 2.27. The normalized spacial score (nSPS) is 15.6. The molecule has 4 rings (SSSR count). The maximum atomic E-state index is 14.5. The number of nitrogens with one attached hydrogen (secondary N) is 3. The molecule has 170 valence electrons. The number of imidazole rings is 1. The first-order chi connectivity index (χ1) is 15.8. The summed E-state index contributed by atoms with van der Waals surface area (Å²) in [6.07, 6.45) is 6.60. The summed E-state index contributed by atoms with van der Waals surface area (Å²) in [5.74, 6) is -1.25. The van der Waals surface area contributed by atoms with Gasteiger partial charge < -0.3 is 15.6 Å². The maximum Gasteiger partial charge on any atom is 0.252 e. The number of allylic oxidation sites excluding steroid dienone is 5. The highest BCUT2D eigenvalue weighted by atomic mass is 35.5. The topological polar surface area (TPSA) is 95.6 Å². The largest absolute Gasteiger partial charge is 0.362 e. The van der Waals surface area contributed by atoms with Gasteiger partial charge in [-0.25, -0.2) is 23.7 Å². The van der Waals surface area contributed by atoms with Gasteiger partial charge in [0, 0.05) is 17.6 Å². The number of hydrogen-bond donors (Lipinski definition) is 3. The first-order valence-corrected chi connectivity index (χ1v) is 10.6. The predicted molar refractivity (Wildman–Crippen MR) is 124 cm³/mol. The van der Waals surface area contributed by atoms with Gasteiger partial charge in [-0.1, -0.05) is 17.7 Å². The molecular formula is C23H21ClF2N6O. The van der Waals surface area contributed by atoms with E-state index in [9.17, 15) is 13.6 Å². The van der Waals surface area contributed by atoms with E-state index in [1.54, 1.807) is 19.1 Å². The number of aromatic amines is 1. The van der Waals surface area contributed by atoms with Crippen molar-refractivity contribution in [2.75, 3.05) is 11.9 Å². The van der Waals surface area contributed by atoms with Gasteiger partial charge >= 0.3 is 0 Å². The van der Waals surface area contributed by atoms with Crippen molar-refractivity contribution in [1.82, 2.24) is 25.3 Å². The van der Waals surface area contributed by atoms with E-state index < -0.39 is 17.7 Å². The molecule has 0 radical (unpaired) electrons. The molecule has 7 nitrogen and oxygen atoms in total. The van der Waals surface area contributed by atoms with E-state index in [2.05, 4.69) is 30.6 Å². The first kappa shape index (κ1) is 22.6. The van der Waals surface area contributed by atoms with Crippen molar-refractivity contribution in [3.63, 3.8) is 0 Å². The monoisotopic (exact) mass is 470 g/mol.